The maximum atomic E-state index is 14.3. The number of benzene rings is 1. The van der Waals surface area contributed by atoms with Crippen molar-refractivity contribution in [2.45, 2.75) is 19.4 Å². The number of hydrogen-bond acceptors (Lipinski definition) is 5. The Hall–Kier alpha value is -2.03. The summed E-state index contributed by atoms with van der Waals surface area (Å²) in [7, 11) is 1.53. The number of hydrogen-bond donors (Lipinski definition) is 2. The minimum absolute atomic E-state index is 0.0718. The van der Waals surface area contributed by atoms with Gasteiger partial charge in [0.1, 0.15) is 5.82 Å². The number of rotatable bonds is 6. The van der Waals surface area contributed by atoms with E-state index in [2.05, 4.69) is 5.32 Å². The molecular formula is C19H24FN3O3S. The van der Waals surface area contributed by atoms with E-state index in [9.17, 15) is 14.0 Å². The highest BCUT2D eigenvalue weighted by Crippen LogP contribution is 2.35. The number of nitrogens with two attached hydrogens (primary N) is 1. The Morgan fingerprint density at radius 3 is 3.00 bits per heavy atom. The smallest absolute Gasteiger partial charge is 0.264 e. The number of amides is 2. The van der Waals surface area contributed by atoms with Crippen molar-refractivity contribution in [2.75, 3.05) is 33.3 Å². The van der Waals surface area contributed by atoms with Crippen LogP contribution in [-0.4, -0.2) is 50.0 Å². The molecule has 146 valence electrons. The Morgan fingerprint density at radius 1 is 1.44 bits per heavy atom. The van der Waals surface area contributed by atoms with Crippen LogP contribution in [0.25, 0.3) is 10.1 Å². The van der Waals surface area contributed by atoms with Crippen molar-refractivity contribution in [1.29, 1.82) is 0 Å². The number of likely N-dealkylation sites (tertiary alicyclic amines) is 1. The van der Waals surface area contributed by atoms with E-state index in [1.807, 2.05) is 0 Å². The molecule has 2 aromatic rings. The molecule has 3 N–H and O–H groups in total. The van der Waals surface area contributed by atoms with E-state index in [-0.39, 0.29) is 30.2 Å². The maximum absolute atomic E-state index is 14.3. The normalized spacial score (nSPS) is 17.3. The Balaban J connectivity index is 1.86. The number of nitrogens with zero attached hydrogens (tertiary/aromatic N) is 1. The van der Waals surface area contributed by atoms with Gasteiger partial charge in [0.25, 0.3) is 5.91 Å². The summed E-state index contributed by atoms with van der Waals surface area (Å²) < 4.78 is 20.3. The lowest BCUT2D eigenvalue weighted by molar-refractivity contribution is -0.126. The number of carbonyl (C=O) groups excluding carboxylic acids is 2. The van der Waals surface area contributed by atoms with Crippen LogP contribution >= 0.6 is 11.3 Å². The SMILES string of the molecule is COCc1c(C(=O)N2CCCC(C(=O)NCCN)C2)sc2cccc(F)c12. The molecule has 0 spiro atoms. The molecule has 1 aromatic carbocycles. The standard InChI is InChI=1S/C19H24FN3O3S/c1-26-11-13-16-14(20)5-2-6-15(16)27-17(13)19(25)23-9-3-4-12(10-23)18(24)22-8-7-21/h2,5-6,12H,3-4,7-11,21H2,1H3,(H,22,24). The first-order valence-corrected chi connectivity index (χ1v) is 9.84. The van der Waals surface area contributed by atoms with Crippen molar-refractivity contribution < 1.29 is 18.7 Å². The lowest BCUT2D eigenvalue weighted by Gasteiger charge is -2.32. The highest BCUT2D eigenvalue weighted by molar-refractivity contribution is 7.21. The summed E-state index contributed by atoms with van der Waals surface area (Å²) in [6.07, 6.45) is 1.50. The van der Waals surface area contributed by atoms with Crippen LogP contribution in [0, 0.1) is 11.7 Å². The van der Waals surface area contributed by atoms with Gasteiger partial charge in [0.15, 0.2) is 0 Å². The number of halogens is 1. The first-order valence-electron chi connectivity index (χ1n) is 9.02. The lowest BCUT2D eigenvalue weighted by atomic mass is 9.96. The van der Waals surface area contributed by atoms with Crippen LogP contribution in [0.5, 0.6) is 0 Å². The molecular weight excluding hydrogens is 369 g/mol. The van der Waals surface area contributed by atoms with E-state index < -0.39 is 0 Å². The van der Waals surface area contributed by atoms with Gasteiger partial charge in [-0.15, -0.1) is 11.3 Å². The summed E-state index contributed by atoms with van der Waals surface area (Å²) in [5, 5.41) is 3.24. The largest absolute Gasteiger partial charge is 0.380 e. The zero-order valence-electron chi connectivity index (χ0n) is 15.3. The molecule has 6 nitrogen and oxygen atoms in total. The van der Waals surface area contributed by atoms with Gasteiger partial charge in [-0.3, -0.25) is 9.59 Å². The second-order valence-electron chi connectivity index (χ2n) is 6.63. The summed E-state index contributed by atoms with van der Waals surface area (Å²) in [6.45, 7) is 1.92. The van der Waals surface area contributed by atoms with E-state index >= 15 is 0 Å². The molecule has 0 radical (unpaired) electrons. The third-order valence-corrected chi connectivity index (χ3v) is 5.95. The molecule has 0 saturated carbocycles. The van der Waals surface area contributed by atoms with Crippen LogP contribution in [0.15, 0.2) is 18.2 Å². The van der Waals surface area contributed by atoms with Crippen LogP contribution in [-0.2, 0) is 16.1 Å². The molecule has 2 amide bonds. The van der Waals surface area contributed by atoms with Crippen LogP contribution in [0.4, 0.5) is 4.39 Å². The summed E-state index contributed by atoms with van der Waals surface area (Å²) >= 11 is 1.27. The topological polar surface area (TPSA) is 84.7 Å². The number of methoxy groups -OCH3 is 1. The molecule has 1 aliphatic heterocycles. The van der Waals surface area contributed by atoms with Gasteiger partial charge in [0.2, 0.25) is 5.91 Å². The average molecular weight is 393 g/mol. The van der Waals surface area contributed by atoms with Crippen molar-refractivity contribution in [1.82, 2.24) is 10.2 Å². The number of thiophene rings is 1. The molecule has 0 bridgehead atoms. The van der Waals surface area contributed by atoms with Crippen molar-refractivity contribution in [3.63, 3.8) is 0 Å². The van der Waals surface area contributed by atoms with Crippen LogP contribution < -0.4 is 11.1 Å². The van der Waals surface area contributed by atoms with Crippen molar-refractivity contribution >= 4 is 33.2 Å². The summed E-state index contributed by atoms with van der Waals surface area (Å²) in [6, 6.07) is 4.83. The molecule has 1 fully saturated rings. The molecule has 1 unspecified atom stereocenters. The Morgan fingerprint density at radius 2 is 2.26 bits per heavy atom. The van der Waals surface area contributed by atoms with Crippen LogP contribution in [0.1, 0.15) is 28.1 Å². The summed E-state index contributed by atoms with van der Waals surface area (Å²) in [5.74, 6) is -0.838. The van der Waals surface area contributed by atoms with Crippen LogP contribution in [0.2, 0.25) is 0 Å². The van der Waals surface area contributed by atoms with Gasteiger partial charge in [0.05, 0.1) is 17.4 Å². The Labute approximate surface area is 161 Å². The monoisotopic (exact) mass is 393 g/mol. The molecule has 8 heteroatoms. The third-order valence-electron chi connectivity index (χ3n) is 4.77. The fourth-order valence-electron chi connectivity index (χ4n) is 3.48. The number of ether oxygens (including phenoxy) is 1. The van der Waals surface area contributed by atoms with Gasteiger partial charge in [-0.1, -0.05) is 6.07 Å². The zero-order chi connectivity index (χ0) is 19.4. The van der Waals surface area contributed by atoms with E-state index in [0.29, 0.717) is 42.0 Å². The Bertz CT molecular complexity index is 839. The second kappa shape index (κ2) is 8.77. The third kappa shape index (κ3) is 4.12. The van der Waals surface area contributed by atoms with E-state index in [1.54, 1.807) is 17.0 Å². The number of nitrogens with one attached hydrogen (secondary N) is 1. The molecule has 1 aromatic heterocycles. The zero-order valence-corrected chi connectivity index (χ0v) is 16.1. The predicted octanol–water partition coefficient (Wildman–Crippen LogP) is 2.11. The first kappa shape index (κ1) is 19.7. The quantitative estimate of drug-likeness (QED) is 0.787. The Kier molecular flexibility index (Phi) is 6.41. The fraction of sp³-hybridized carbons (Fsp3) is 0.474. The first-order chi connectivity index (χ1) is 13.1. The number of carbonyl (C=O) groups is 2. The number of piperidine rings is 1. The highest BCUT2D eigenvalue weighted by atomic mass is 32.1. The molecule has 27 heavy (non-hydrogen) atoms. The minimum Gasteiger partial charge on any atom is -0.380 e. The molecule has 3 rings (SSSR count). The van der Waals surface area contributed by atoms with Gasteiger partial charge < -0.3 is 20.7 Å². The molecule has 1 atom stereocenters. The van der Waals surface area contributed by atoms with E-state index in [0.717, 1.165) is 17.5 Å². The van der Waals surface area contributed by atoms with E-state index in [1.165, 1.54) is 24.5 Å². The maximum Gasteiger partial charge on any atom is 0.264 e. The highest BCUT2D eigenvalue weighted by Gasteiger charge is 2.31. The van der Waals surface area contributed by atoms with Gasteiger partial charge >= 0.3 is 0 Å². The molecule has 2 heterocycles. The lowest BCUT2D eigenvalue weighted by Crippen LogP contribution is -2.46. The van der Waals surface area contributed by atoms with Gasteiger partial charge in [-0.25, -0.2) is 4.39 Å². The van der Waals surface area contributed by atoms with Gasteiger partial charge in [-0.05, 0) is 25.0 Å². The average Bonchev–Trinajstić information content (AvgIpc) is 3.05. The van der Waals surface area contributed by atoms with Crippen LogP contribution in [0.3, 0.4) is 0 Å². The van der Waals surface area contributed by atoms with Gasteiger partial charge in [-0.2, -0.15) is 0 Å². The predicted molar refractivity (Wildman–Crippen MR) is 103 cm³/mol. The van der Waals surface area contributed by atoms with Crippen molar-refractivity contribution in [2.24, 2.45) is 11.7 Å². The second-order valence-corrected chi connectivity index (χ2v) is 7.68. The number of fused-ring (bicyclic) bond motifs is 1. The molecule has 1 saturated heterocycles. The van der Waals surface area contributed by atoms with Crippen molar-refractivity contribution in [3.05, 3.63) is 34.5 Å². The van der Waals surface area contributed by atoms with Crippen molar-refractivity contribution in [3.8, 4) is 0 Å². The molecule has 1 aliphatic rings. The fourth-order valence-corrected chi connectivity index (χ4v) is 4.67. The minimum atomic E-state index is -0.354. The van der Waals surface area contributed by atoms with E-state index in [4.69, 9.17) is 10.5 Å². The summed E-state index contributed by atoms with van der Waals surface area (Å²) in [4.78, 5) is 27.6. The summed E-state index contributed by atoms with van der Waals surface area (Å²) in [5.41, 5.74) is 6.01. The van der Waals surface area contributed by atoms with Gasteiger partial charge in [0, 0.05) is 48.9 Å². The molecule has 0 aliphatic carbocycles.